The minimum absolute atomic E-state index is 0.187. The molecule has 1 aromatic heterocycles. The third-order valence-electron chi connectivity index (χ3n) is 3.72. The third-order valence-corrected chi connectivity index (χ3v) is 4.44. The molecule has 0 spiro atoms. The van der Waals surface area contributed by atoms with Crippen molar-refractivity contribution < 1.29 is 4.79 Å². The maximum atomic E-state index is 12.4. The highest BCUT2D eigenvalue weighted by molar-refractivity contribution is 9.10. The zero-order valence-electron chi connectivity index (χ0n) is 12.5. The molecule has 5 heteroatoms. The van der Waals surface area contributed by atoms with Crippen LogP contribution in [0.15, 0.2) is 63.9 Å². The Labute approximate surface area is 141 Å². The Bertz CT molecular complexity index is 933. The molecule has 2 aromatic carbocycles. The van der Waals surface area contributed by atoms with E-state index in [1.54, 1.807) is 18.2 Å². The summed E-state index contributed by atoms with van der Waals surface area (Å²) in [4.78, 5) is 27.2. The summed E-state index contributed by atoms with van der Waals surface area (Å²) in [7, 11) is 0. The first-order chi connectivity index (χ1) is 11.1. The number of pyridine rings is 1. The van der Waals surface area contributed by atoms with Crippen LogP contribution in [0.2, 0.25) is 0 Å². The van der Waals surface area contributed by atoms with Crippen LogP contribution in [0, 0.1) is 0 Å². The van der Waals surface area contributed by atoms with Gasteiger partial charge < -0.3 is 10.3 Å². The van der Waals surface area contributed by atoms with Crippen molar-refractivity contribution in [2.24, 2.45) is 0 Å². The predicted molar refractivity (Wildman–Crippen MR) is 94.6 cm³/mol. The Morgan fingerprint density at radius 2 is 1.83 bits per heavy atom. The van der Waals surface area contributed by atoms with Gasteiger partial charge in [-0.25, -0.2) is 0 Å². The molecule has 4 nitrogen and oxygen atoms in total. The van der Waals surface area contributed by atoms with Crippen molar-refractivity contribution in [1.29, 1.82) is 0 Å². The molecule has 1 amide bonds. The lowest BCUT2D eigenvalue weighted by Gasteiger charge is -2.16. The van der Waals surface area contributed by atoms with Gasteiger partial charge >= 0.3 is 0 Å². The molecule has 1 unspecified atom stereocenters. The topological polar surface area (TPSA) is 62.0 Å². The van der Waals surface area contributed by atoms with Crippen LogP contribution in [-0.2, 0) is 0 Å². The Kier molecular flexibility index (Phi) is 4.30. The van der Waals surface area contributed by atoms with Crippen LogP contribution in [-0.4, -0.2) is 10.9 Å². The van der Waals surface area contributed by atoms with Gasteiger partial charge in [-0.3, -0.25) is 9.59 Å². The lowest BCUT2D eigenvalue weighted by molar-refractivity contribution is 0.0934. The summed E-state index contributed by atoms with van der Waals surface area (Å²) in [6, 6.07) is 16.4. The van der Waals surface area contributed by atoms with Crippen molar-refractivity contribution in [3.8, 4) is 0 Å². The molecular formula is C18H15BrN2O2. The van der Waals surface area contributed by atoms with Crippen molar-refractivity contribution in [2.75, 3.05) is 0 Å². The van der Waals surface area contributed by atoms with E-state index in [9.17, 15) is 9.59 Å². The summed E-state index contributed by atoms with van der Waals surface area (Å²) in [5.41, 5.74) is 0.971. The molecule has 3 aromatic rings. The Balaban J connectivity index is 1.89. The van der Waals surface area contributed by atoms with Gasteiger partial charge in [0.1, 0.15) is 5.69 Å². The minimum atomic E-state index is -0.309. The molecule has 23 heavy (non-hydrogen) atoms. The second kappa shape index (κ2) is 6.38. The maximum Gasteiger partial charge on any atom is 0.268 e. The molecule has 0 fully saturated rings. The van der Waals surface area contributed by atoms with Crippen molar-refractivity contribution >= 4 is 32.6 Å². The van der Waals surface area contributed by atoms with Crippen molar-refractivity contribution in [3.63, 3.8) is 0 Å². The second-order valence-electron chi connectivity index (χ2n) is 5.32. The molecular weight excluding hydrogens is 356 g/mol. The van der Waals surface area contributed by atoms with Gasteiger partial charge in [0.15, 0.2) is 0 Å². The number of amides is 1. The van der Waals surface area contributed by atoms with E-state index in [1.807, 2.05) is 43.3 Å². The number of carbonyl (C=O) groups is 1. The Morgan fingerprint density at radius 3 is 2.61 bits per heavy atom. The summed E-state index contributed by atoms with van der Waals surface area (Å²) in [5, 5.41) is 4.22. The number of fused-ring (bicyclic) bond motifs is 1. The van der Waals surface area contributed by atoms with Crippen molar-refractivity contribution in [1.82, 2.24) is 10.3 Å². The third kappa shape index (κ3) is 3.19. The minimum Gasteiger partial charge on any atom is -0.344 e. The highest BCUT2D eigenvalue weighted by atomic mass is 79.9. The van der Waals surface area contributed by atoms with Crippen molar-refractivity contribution in [3.05, 3.63) is 80.7 Å². The zero-order valence-corrected chi connectivity index (χ0v) is 14.1. The number of aromatic nitrogens is 1. The monoisotopic (exact) mass is 370 g/mol. The number of carbonyl (C=O) groups excluding carboxylic acids is 1. The zero-order chi connectivity index (χ0) is 16.4. The average Bonchev–Trinajstić information content (AvgIpc) is 2.55. The molecule has 3 rings (SSSR count). The second-order valence-corrected chi connectivity index (χ2v) is 6.17. The number of hydrogen-bond acceptors (Lipinski definition) is 2. The fourth-order valence-electron chi connectivity index (χ4n) is 2.51. The van der Waals surface area contributed by atoms with E-state index >= 15 is 0 Å². The van der Waals surface area contributed by atoms with Crippen LogP contribution in [0.4, 0.5) is 0 Å². The molecule has 0 bridgehead atoms. The molecule has 0 saturated heterocycles. The molecule has 0 aliphatic rings. The molecule has 0 aliphatic heterocycles. The van der Waals surface area contributed by atoms with Gasteiger partial charge in [0, 0.05) is 9.86 Å². The van der Waals surface area contributed by atoms with Gasteiger partial charge in [-0.15, -0.1) is 0 Å². The standard InChI is InChI=1S/C18H15BrN2O2/c1-11(13-7-4-5-9-15(13)19)20-18(23)16-10-12-6-2-3-8-14(12)17(22)21-16/h2-11H,1H3,(H,20,23)(H,21,22). The Hall–Kier alpha value is -2.40. The highest BCUT2D eigenvalue weighted by Gasteiger charge is 2.15. The lowest BCUT2D eigenvalue weighted by atomic mass is 10.1. The number of H-pyrrole nitrogens is 1. The molecule has 116 valence electrons. The molecule has 1 heterocycles. The van der Waals surface area contributed by atoms with E-state index in [0.717, 1.165) is 15.4 Å². The van der Waals surface area contributed by atoms with Crippen LogP contribution in [0.25, 0.3) is 10.8 Å². The van der Waals surface area contributed by atoms with E-state index in [1.165, 1.54) is 0 Å². The van der Waals surface area contributed by atoms with Gasteiger partial charge in [-0.1, -0.05) is 52.3 Å². The van der Waals surface area contributed by atoms with E-state index in [2.05, 4.69) is 26.2 Å². The first-order valence-corrected chi connectivity index (χ1v) is 8.03. The van der Waals surface area contributed by atoms with Crippen LogP contribution in [0.1, 0.15) is 29.0 Å². The summed E-state index contributed by atoms with van der Waals surface area (Å²) in [5.74, 6) is -0.309. The average molecular weight is 371 g/mol. The van der Waals surface area contributed by atoms with Crippen LogP contribution >= 0.6 is 15.9 Å². The molecule has 0 radical (unpaired) electrons. The predicted octanol–water partition coefficient (Wildman–Crippen LogP) is 3.78. The summed E-state index contributed by atoms with van der Waals surface area (Å²) in [6.45, 7) is 1.90. The number of nitrogens with one attached hydrogen (secondary N) is 2. The molecule has 0 saturated carbocycles. The summed E-state index contributed by atoms with van der Waals surface area (Å²) in [6.07, 6.45) is 0. The fourth-order valence-corrected chi connectivity index (χ4v) is 3.14. The molecule has 0 aliphatic carbocycles. The maximum absolute atomic E-state index is 12.4. The van der Waals surface area contributed by atoms with Crippen LogP contribution in [0.5, 0.6) is 0 Å². The van der Waals surface area contributed by atoms with Gasteiger partial charge in [0.05, 0.1) is 6.04 Å². The van der Waals surface area contributed by atoms with Gasteiger partial charge in [-0.05, 0) is 36.1 Å². The van der Waals surface area contributed by atoms with E-state index < -0.39 is 0 Å². The molecule has 1 atom stereocenters. The number of benzene rings is 2. The first kappa shape index (κ1) is 15.5. The quantitative estimate of drug-likeness (QED) is 0.736. The lowest BCUT2D eigenvalue weighted by Crippen LogP contribution is -2.29. The smallest absolute Gasteiger partial charge is 0.268 e. The van der Waals surface area contributed by atoms with Crippen molar-refractivity contribution in [2.45, 2.75) is 13.0 Å². The van der Waals surface area contributed by atoms with E-state index in [0.29, 0.717) is 5.39 Å². The normalized spacial score (nSPS) is 12.1. The van der Waals surface area contributed by atoms with Crippen LogP contribution < -0.4 is 10.9 Å². The fraction of sp³-hybridized carbons (Fsp3) is 0.111. The molecule has 2 N–H and O–H groups in total. The number of aromatic amines is 1. The first-order valence-electron chi connectivity index (χ1n) is 7.23. The van der Waals surface area contributed by atoms with Gasteiger partial charge in [-0.2, -0.15) is 0 Å². The number of halogens is 1. The van der Waals surface area contributed by atoms with Crippen LogP contribution in [0.3, 0.4) is 0 Å². The highest BCUT2D eigenvalue weighted by Crippen LogP contribution is 2.23. The van der Waals surface area contributed by atoms with Gasteiger partial charge in [0.25, 0.3) is 11.5 Å². The number of hydrogen-bond donors (Lipinski definition) is 2. The summed E-state index contributed by atoms with van der Waals surface area (Å²) >= 11 is 3.48. The number of rotatable bonds is 3. The Morgan fingerprint density at radius 1 is 1.13 bits per heavy atom. The van der Waals surface area contributed by atoms with Gasteiger partial charge in [0.2, 0.25) is 0 Å². The SMILES string of the molecule is CC(NC(=O)c1cc2ccccc2c(=O)[nH]1)c1ccccc1Br. The largest absolute Gasteiger partial charge is 0.344 e. The van der Waals surface area contributed by atoms with E-state index in [4.69, 9.17) is 0 Å². The summed E-state index contributed by atoms with van der Waals surface area (Å²) < 4.78 is 0.930. The van der Waals surface area contributed by atoms with E-state index in [-0.39, 0.29) is 23.2 Å².